The van der Waals surface area contributed by atoms with Crippen molar-refractivity contribution in [1.82, 2.24) is 5.32 Å². The molecule has 132 valence electrons. The van der Waals surface area contributed by atoms with Gasteiger partial charge in [-0.15, -0.1) is 0 Å². The summed E-state index contributed by atoms with van der Waals surface area (Å²) in [5, 5.41) is 3.46. The highest BCUT2D eigenvalue weighted by atomic mass is 16.7. The normalized spacial score (nSPS) is 15.0. The first-order chi connectivity index (χ1) is 11.5. The van der Waals surface area contributed by atoms with Crippen LogP contribution in [-0.2, 0) is 16.0 Å². The number of hydrogen-bond donors (Lipinski definition) is 1. The van der Waals surface area contributed by atoms with E-state index in [4.69, 9.17) is 14.2 Å². The molecule has 1 aromatic carbocycles. The van der Waals surface area contributed by atoms with Gasteiger partial charge in [0.1, 0.15) is 5.76 Å². The fourth-order valence-electron chi connectivity index (χ4n) is 2.46. The number of rotatable bonds is 8. The predicted octanol–water partition coefficient (Wildman–Crippen LogP) is 3.57. The van der Waals surface area contributed by atoms with Crippen LogP contribution in [0.2, 0.25) is 0 Å². The molecule has 0 radical (unpaired) electrons. The molecule has 0 spiro atoms. The highest BCUT2D eigenvalue weighted by molar-refractivity contribution is 5.70. The van der Waals surface area contributed by atoms with Crippen molar-refractivity contribution in [3.05, 3.63) is 35.1 Å². The van der Waals surface area contributed by atoms with Gasteiger partial charge >= 0.3 is 5.97 Å². The molecule has 1 heterocycles. The van der Waals surface area contributed by atoms with E-state index in [9.17, 15) is 4.79 Å². The molecule has 0 aromatic heterocycles. The summed E-state index contributed by atoms with van der Waals surface area (Å²) in [5.41, 5.74) is 2.24. The van der Waals surface area contributed by atoms with Crippen LogP contribution in [0.25, 0.3) is 0 Å². The molecule has 0 saturated heterocycles. The van der Waals surface area contributed by atoms with E-state index >= 15 is 0 Å². The summed E-state index contributed by atoms with van der Waals surface area (Å²) in [6, 6.07) is 6.33. The number of allylic oxidation sites excluding steroid dienone is 1. The van der Waals surface area contributed by atoms with Gasteiger partial charge in [0.05, 0.1) is 0 Å². The minimum Gasteiger partial charge on any atom is -0.454 e. The van der Waals surface area contributed by atoms with Crippen molar-refractivity contribution in [3.63, 3.8) is 0 Å². The molecule has 1 aromatic rings. The number of carbonyl (C=O) groups is 1. The Morgan fingerprint density at radius 3 is 2.79 bits per heavy atom. The summed E-state index contributed by atoms with van der Waals surface area (Å²) in [6.07, 6.45) is 2.15. The van der Waals surface area contributed by atoms with Crippen LogP contribution < -0.4 is 14.8 Å². The van der Waals surface area contributed by atoms with Crippen molar-refractivity contribution in [2.24, 2.45) is 0 Å². The third kappa shape index (κ3) is 5.27. The van der Waals surface area contributed by atoms with E-state index in [1.54, 1.807) is 0 Å². The van der Waals surface area contributed by atoms with Crippen molar-refractivity contribution < 1.29 is 19.0 Å². The fourth-order valence-corrected chi connectivity index (χ4v) is 2.46. The first-order valence-corrected chi connectivity index (χ1v) is 8.48. The molecule has 1 unspecified atom stereocenters. The first kappa shape index (κ1) is 18.3. The van der Waals surface area contributed by atoms with Gasteiger partial charge < -0.3 is 19.5 Å². The molecule has 1 aliphatic heterocycles. The van der Waals surface area contributed by atoms with Crippen LogP contribution in [0.5, 0.6) is 11.5 Å². The summed E-state index contributed by atoms with van der Waals surface area (Å²) >= 11 is 0. The van der Waals surface area contributed by atoms with Crippen LogP contribution in [0.3, 0.4) is 0 Å². The van der Waals surface area contributed by atoms with Gasteiger partial charge in [0.2, 0.25) is 6.79 Å². The fraction of sp³-hybridized carbons (Fsp3) is 0.526. The van der Waals surface area contributed by atoms with E-state index < -0.39 is 0 Å². The zero-order valence-electron chi connectivity index (χ0n) is 15.0. The van der Waals surface area contributed by atoms with Gasteiger partial charge in [0, 0.05) is 19.0 Å². The van der Waals surface area contributed by atoms with Crippen molar-refractivity contribution in [2.75, 3.05) is 13.3 Å². The minimum absolute atomic E-state index is 0.164. The Balaban J connectivity index is 1.81. The Morgan fingerprint density at radius 1 is 1.29 bits per heavy atom. The second-order valence-corrected chi connectivity index (χ2v) is 6.23. The Morgan fingerprint density at radius 2 is 2.04 bits per heavy atom. The Labute approximate surface area is 144 Å². The Bertz CT molecular complexity index is 609. The number of benzene rings is 1. The average molecular weight is 333 g/mol. The van der Waals surface area contributed by atoms with Gasteiger partial charge in [0.15, 0.2) is 11.5 Å². The van der Waals surface area contributed by atoms with Crippen LogP contribution in [0, 0.1) is 0 Å². The van der Waals surface area contributed by atoms with Crippen molar-refractivity contribution in [1.29, 1.82) is 0 Å². The molecule has 0 saturated carbocycles. The first-order valence-electron chi connectivity index (χ1n) is 8.48. The standard InChI is InChI=1S/C19H27NO4/c1-5-6-19(21)24-15(4)13(2)11-20-14(3)9-16-7-8-17-18(10-16)23-12-22-17/h7-8,10,14,20H,5-6,9,11-12H2,1-4H3/b15-13+. The monoisotopic (exact) mass is 333 g/mol. The van der Waals surface area contributed by atoms with Crippen molar-refractivity contribution >= 4 is 5.97 Å². The number of hydrogen-bond acceptors (Lipinski definition) is 5. The third-order valence-electron chi connectivity index (χ3n) is 4.02. The van der Waals surface area contributed by atoms with E-state index in [0.29, 0.717) is 31.6 Å². The Kier molecular flexibility index (Phi) is 6.67. The second kappa shape index (κ2) is 8.73. The molecule has 5 heteroatoms. The average Bonchev–Trinajstić information content (AvgIpc) is 3.00. The molecular weight excluding hydrogens is 306 g/mol. The smallest absolute Gasteiger partial charge is 0.310 e. The van der Waals surface area contributed by atoms with Gasteiger partial charge in [-0.25, -0.2) is 0 Å². The van der Waals surface area contributed by atoms with Gasteiger partial charge in [0.25, 0.3) is 0 Å². The predicted molar refractivity (Wildman–Crippen MR) is 93.1 cm³/mol. The number of ether oxygens (including phenoxy) is 3. The van der Waals surface area contributed by atoms with E-state index in [2.05, 4.69) is 18.3 Å². The lowest BCUT2D eigenvalue weighted by Crippen LogP contribution is -2.30. The molecule has 5 nitrogen and oxygen atoms in total. The number of fused-ring (bicyclic) bond motifs is 1. The van der Waals surface area contributed by atoms with Crippen LogP contribution in [0.1, 0.15) is 46.1 Å². The van der Waals surface area contributed by atoms with Crippen molar-refractivity contribution in [2.45, 2.75) is 53.0 Å². The molecule has 1 N–H and O–H groups in total. The molecule has 24 heavy (non-hydrogen) atoms. The lowest BCUT2D eigenvalue weighted by Gasteiger charge is -2.16. The topological polar surface area (TPSA) is 56.8 Å². The van der Waals surface area contributed by atoms with Crippen LogP contribution in [0.4, 0.5) is 0 Å². The highest BCUT2D eigenvalue weighted by Gasteiger charge is 2.14. The van der Waals surface area contributed by atoms with Gasteiger partial charge in [-0.3, -0.25) is 4.79 Å². The second-order valence-electron chi connectivity index (χ2n) is 6.23. The van der Waals surface area contributed by atoms with Gasteiger partial charge in [-0.2, -0.15) is 0 Å². The van der Waals surface area contributed by atoms with Crippen LogP contribution in [-0.4, -0.2) is 25.3 Å². The number of nitrogens with one attached hydrogen (secondary N) is 1. The molecule has 1 atom stereocenters. The Hall–Kier alpha value is -2.01. The summed E-state index contributed by atoms with van der Waals surface area (Å²) in [7, 11) is 0. The molecular formula is C19H27NO4. The maximum Gasteiger partial charge on any atom is 0.310 e. The minimum atomic E-state index is -0.164. The zero-order chi connectivity index (χ0) is 17.5. The lowest BCUT2D eigenvalue weighted by molar-refractivity contribution is -0.139. The summed E-state index contributed by atoms with van der Waals surface area (Å²) < 4.78 is 16.1. The molecule has 2 rings (SSSR count). The largest absolute Gasteiger partial charge is 0.454 e. The maximum atomic E-state index is 11.5. The van der Waals surface area contributed by atoms with Crippen LogP contribution >= 0.6 is 0 Å². The molecule has 1 aliphatic rings. The molecule has 0 aliphatic carbocycles. The summed E-state index contributed by atoms with van der Waals surface area (Å²) in [6.45, 7) is 8.91. The highest BCUT2D eigenvalue weighted by Crippen LogP contribution is 2.32. The maximum absolute atomic E-state index is 11.5. The van der Waals surface area contributed by atoms with Gasteiger partial charge in [-0.05, 0) is 56.9 Å². The van der Waals surface area contributed by atoms with E-state index in [1.165, 1.54) is 5.56 Å². The number of carbonyl (C=O) groups excluding carboxylic acids is 1. The molecule has 0 fully saturated rings. The molecule has 0 amide bonds. The zero-order valence-corrected chi connectivity index (χ0v) is 15.0. The third-order valence-corrected chi connectivity index (χ3v) is 4.02. The van der Waals surface area contributed by atoms with E-state index in [1.807, 2.05) is 32.9 Å². The van der Waals surface area contributed by atoms with Crippen molar-refractivity contribution in [3.8, 4) is 11.5 Å². The lowest BCUT2D eigenvalue weighted by atomic mass is 10.1. The SMILES string of the molecule is CCCC(=O)O/C(C)=C(\C)CNC(C)Cc1ccc2c(c1)OCO2. The molecule has 0 bridgehead atoms. The summed E-state index contributed by atoms with van der Waals surface area (Å²) in [4.78, 5) is 11.5. The quantitative estimate of drug-likeness (QED) is 0.582. The summed E-state index contributed by atoms with van der Waals surface area (Å²) in [5.74, 6) is 2.15. The van der Waals surface area contributed by atoms with E-state index in [-0.39, 0.29) is 5.97 Å². The number of esters is 1. The van der Waals surface area contributed by atoms with E-state index in [0.717, 1.165) is 29.9 Å². The van der Waals surface area contributed by atoms with Crippen LogP contribution in [0.15, 0.2) is 29.5 Å². The van der Waals surface area contributed by atoms with Gasteiger partial charge in [-0.1, -0.05) is 13.0 Å².